The number of carbonyl (C=O) groups excluding carboxylic acids is 2. The van der Waals surface area contributed by atoms with Gasteiger partial charge in [0.2, 0.25) is 5.91 Å². The van der Waals surface area contributed by atoms with Gasteiger partial charge in [-0.15, -0.1) is 11.3 Å². The average molecular weight is 439 g/mol. The molecule has 0 saturated carbocycles. The molecule has 0 unspecified atom stereocenters. The molecule has 0 saturated heterocycles. The van der Waals surface area contributed by atoms with Crippen LogP contribution < -0.4 is 16.0 Å². The van der Waals surface area contributed by atoms with Gasteiger partial charge in [0.05, 0.1) is 15.6 Å². The fourth-order valence-corrected chi connectivity index (χ4v) is 3.90. The van der Waals surface area contributed by atoms with Gasteiger partial charge < -0.3 is 16.0 Å². The summed E-state index contributed by atoms with van der Waals surface area (Å²) in [6.45, 7) is 4.70. The number of nitriles is 1. The van der Waals surface area contributed by atoms with Crippen molar-refractivity contribution in [3.63, 3.8) is 0 Å². The molecule has 0 radical (unpaired) electrons. The Balaban J connectivity index is 2.43. The summed E-state index contributed by atoms with van der Waals surface area (Å²) in [6, 6.07) is 7.21. The lowest BCUT2D eigenvalue weighted by molar-refractivity contribution is -0.118. The molecular weight excluding hydrogens is 419 g/mol. The minimum atomic E-state index is -0.322. The molecule has 0 fully saturated rings. The summed E-state index contributed by atoms with van der Waals surface area (Å²) in [5.74, 6) is -0.489. The zero-order valence-electron chi connectivity index (χ0n) is 15.5. The Morgan fingerprint density at radius 1 is 1.14 bits per heavy atom. The number of nitrogens with one attached hydrogen (secondary N) is 3. The summed E-state index contributed by atoms with van der Waals surface area (Å²) < 4.78 is 0. The third kappa shape index (κ3) is 5.38. The van der Waals surface area contributed by atoms with Gasteiger partial charge in [0.25, 0.3) is 5.91 Å². The molecule has 9 heteroatoms. The lowest BCUT2D eigenvalue weighted by Gasteiger charge is -2.08. The molecule has 0 aliphatic rings. The van der Waals surface area contributed by atoms with Crippen molar-refractivity contribution >= 4 is 51.4 Å². The molecule has 6 nitrogen and oxygen atoms in total. The number of hydrogen-bond donors (Lipinski definition) is 3. The Kier molecular flexibility index (Phi) is 8.12. The Bertz CT molecular complexity index is 921. The monoisotopic (exact) mass is 438 g/mol. The SMILES string of the molecule is CCCNc1sc(C(=O)NCCNC(C)=O)c(-c2ccc(Cl)c(Cl)c2)c1C#N. The Hall–Kier alpha value is -2.27. The van der Waals surface area contributed by atoms with Gasteiger partial charge in [0.1, 0.15) is 15.9 Å². The number of rotatable bonds is 8. The van der Waals surface area contributed by atoms with Crippen LogP contribution in [0.15, 0.2) is 18.2 Å². The summed E-state index contributed by atoms with van der Waals surface area (Å²) in [6.07, 6.45) is 0.878. The van der Waals surface area contributed by atoms with Crippen LogP contribution in [0.4, 0.5) is 5.00 Å². The minimum Gasteiger partial charge on any atom is -0.376 e. The Morgan fingerprint density at radius 3 is 2.46 bits per heavy atom. The third-order valence-electron chi connectivity index (χ3n) is 3.75. The van der Waals surface area contributed by atoms with Crippen molar-refractivity contribution in [3.05, 3.63) is 38.7 Å². The highest BCUT2D eigenvalue weighted by atomic mass is 35.5. The van der Waals surface area contributed by atoms with Gasteiger partial charge in [-0.25, -0.2) is 0 Å². The first kappa shape index (κ1) is 22.0. The summed E-state index contributed by atoms with van der Waals surface area (Å²) in [5, 5.41) is 19.7. The van der Waals surface area contributed by atoms with Gasteiger partial charge >= 0.3 is 0 Å². The first-order valence-electron chi connectivity index (χ1n) is 8.67. The molecule has 148 valence electrons. The van der Waals surface area contributed by atoms with E-state index in [0.717, 1.165) is 6.42 Å². The molecule has 0 bridgehead atoms. The van der Waals surface area contributed by atoms with E-state index in [1.807, 2.05) is 6.92 Å². The van der Waals surface area contributed by atoms with Crippen molar-refractivity contribution in [1.29, 1.82) is 5.26 Å². The van der Waals surface area contributed by atoms with Gasteiger partial charge in [0.15, 0.2) is 0 Å². The molecule has 1 heterocycles. The maximum atomic E-state index is 12.8. The maximum absolute atomic E-state index is 12.8. The van der Waals surface area contributed by atoms with E-state index in [1.165, 1.54) is 18.3 Å². The second-order valence-electron chi connectivity index (χ2n) is 5.92. The van der Waals surface area contributed by atoms with Gasteiger partial charge in [0, 0.05) is 32.1 Å². The third-order valence-corrected chi connectivity index (χ3v) is 5.64. The molecule has 0 atom stereocenters. The summed E-state index contributed by atoms with van der Waals surface area (Å²) in [5.41, 5.74) is 1.55. The zero-order chi connectivity index (χ0) is 20.7. The van der Waals surface area contributed by atoms with E-state index >= 15 is 0 Å². The molecule has 2 aromatic rings. The predicted octanol–water partition coefficient (Wildman–Crippen LogP) is 4.28. The topological polar surface area (TPSA) is 94.0 Å². The molecule has 0 aliphatic heterocycles. The molecule has 1 aromatic heterocycles. The number of amides is 2. The van der Waals surface area contributed by atoms with Crippen LogP contribution in [0.3, 0.4) is 0 Å². The van der Waals surface area contributed by atoms with Gasteiger partial charge in [-0.05, 0) is 24.1 Å². The number of thiophene rings is 1. The van der Waals surface area contributed by atoms with Crippen LogP contribution in [0.2, 0.25) is 10.0 Å². The van der Waals surface area contributed by atoms with E-state index in [2.05, 4.69) is 22.0 Å². The number of anilines is 1. The molecule has 3 N–H and O–H groups in total. The van der Waals surface area contributed by atoms with Gasteiger partial charge in [-0.3, -0.25) is 9.59 Å². The highest BCUT2D eigenvalue weighted by molar-refractivity contribution is 7.18. The van der Waals surface area contributed by atoms with Crippen molar-refractivity contribution in [2.45, 2.75) is 20.3 Å². The Labute approximate surface area is 177 Å². The number of carbonyl (C=O) groups is 2. The maximum Gasteiger partial charge on any atom is 0.262 e. The van der Waals surface area contributed by atoms with Crippen molar-refractivity contribution in [3.8, 4) is 17.2 Å². The summed E-state index contributed by atoms with van der Waals surface area (Å²) in [4.78, 5) is 24.1. The van der Waals surface area contributed by atoms with Crippen LogP contribution in [0.1, 0.15) is 35.5 Å². The molecule has 0 aliphatic carbocycles. The minimum absolute atomic E-state index is 0.167. The lowest BCUT2D eigenvalue weighted by atomic mass is 10.0. The van der Waals surface area contributed by atoms with E-state index in [-0.39, 0.29) is 18.4 Å². The van der Waals surface area contributed by atoms with Crippen LogP contribution in [-0.4, -0.2) is 31.4 Å². The second-order valence-corrected chi connectivity index (χ2v) is 7.75. The second kappa shape index (κ2) is 10.3. The number of halogens is 2. The normalized spacial score (nSPS) is 10.2. The van der Waals surface area contributed by atoms with E-state index < -0.39 is 0 Å². The quantitative estimate of drug-likeness (QED) is 0.535. The molecule has 1 aromatic carbocycles. The first-order valence-corrected chi connectivity index (χ1v) is 10.2. The number of benzene rings is 1. The van der Waals surface area contributed by atoms with Crippen LogP contribution in [0.5, 0.6) is 0 Å². The number of hydrogen-bond acceptors (Lipinski definition) is 5. The highest BCUT2D eigenvalue weighted by Crippen LogP contribution is 2.41. The molecular formula is C19H20Cl2N4O2S. The zero-order valence-corrected chi connectivity index (χ0v) is 17.8. The molecule has 2 amide bonds. The smallest absolute Gasteiger partial charge is 0.262 e. The van der Waals surface area contributed by atoms with Crippen molar-refractivity contribution in [2.75, 3.05) is 25.0 Å². The van der Waals surface area contributed by atoms with Crippen molar-refractivity contribution < 1.29 is 9.59 Å². The first-order chi connectivity index (χ1) is 13.4. The largest absolute Gasteiger partial charge is 0.376 e. The highest BCUT2D eigenvalue weighted by Gasteiger charge is 2.24. The van der Waals surface area contributed by atoms with Crippen LogP contribution in [0.25, 0.3) is 11.1 Å². The van der Waals surface area contributed by atoms with E-state index in [0.29, 0.717) is 49.7 Å². The molecule has 2 rings (SSSR count). The number of nitrogens with zero attached hydrogens (tertiary/aromatic N) is 1. The lowest BCUT2D eigenvalue weighted by Crippen LogP contribution is -2.33. The van der Waals surface area contributed by atoms with Crippen LogP contribution >= 0.6 is 34.5 Å². The van der Waals surface area contributed by atoms with E-state index in [9.17, 15) is 14.9 Å². The van der Waals surface area contributed by atoms with E-state index in [1.54, 1.807) is 18.2 Å². The Morgan fingerprint density at radius 2 is 1.86 bits per heavy atom. The predicted molar refractivity (Wildman–Crippen MR) is 114 cm³/mol. The fraction of sp³-hybridized carbons (Fsp3) is 0.316. The molecule has 0 spiro atoms. The summed E-state index contributed by atoms with van der Waals surface area (Å²) in [7, 11) is 0. The molecule has 28 heavy (non-hydrogen) atoms. The van der Waals surface area contributed by atoms with Gasteiger partial charge in [-0.1, -0.05) is 36.2 Å². The average Bonchev–Trinajstić information content (AvgIpc) is 3.04. The van der Waals surface area contributed by atoms with Crippen molar-refractivity contribution in [2.24, 2.45) is 0 Å². The van der Waals surface area contributed by atoms with Crippen LogP contribution in [0, 0.1) is 11.3 Å². The van der Waals surface area contributed by atoms with Crippen molar-refractivity contribution in [1.82, 2.24) is 10.6 Å². The van der Waals surface area contributed by atoms with E-state index in [4.69, 9.17) is 23.2 Å². The van der Waals surface area contributed by atoms with Crippen LogP contribution in [-0.2, 0) is 4.79 Å². The van der Waals surface area contributed by atoms with Gasteiger partial charge in [-0.2, -0.15) is 5.26 Å². The standard InChI is InChI=1S/C19H20Cl2N4O2S/c1-3-6-25-19-13(10-22)16(12-4-5-14(20)15(21)9-12)17(28-19)18(27)24-8-7-23-11(2)26/h4-5,9,25H,3,6-8H2,1-2H3,(H,23,26)(H,24,27). The summed E-state index contributed by atoms with van der Waals surface area (Å²) >= 11 is 13.4. The fourth-order valence-electron chi connectivity index (χ4n) is 2.48.